The minimum absolute atomic E-state index is 0.0589. The van der Waals surface area contributed by atoms with Crippen LogP contribution in [0, 0.1) is 5.41 Å². The molecule has 0 atom stereocenters. The van der Waals surface area contributed by atoms with Crippen LogP contribution in [0.5, 0.6) is 0 Å². The third-order valence-corrected chi connectivity index (χ3v) is 6.17. The molecule has 0 bridgehead atoms. The maximum absolute atomic E-state index is 12.7. The third kappa shape index (κ3) is 3.88. The minimum atomic E-state index is -3.62. The summed E-state index contributed by atoms with van der Waals surface area (Å²) >= 11 is 0. The van der Waals surface area contributed by atoms with Gasteiger partial charge in [0.05, 0.1) is 4.90 Å². The highest BCUT2D eigenvalue weighted by Gasteiger charge is 2.28. The Labute approximate surface area is 137 Å². The summed E-state index contributed by atoms with van der Waals surface area (Å²) < 4.78 is 28.2. The second-order valence-corrected chi connectivity index (χ2v) is 7.59. The van der Waals surface area contributed by atoms with Crippen molar-refractivity contribution in [1.82, 2.24) is 9.71 Å². The Hall–Kier alpha value is -1.50. The van der Waals surface area contributed by atoms with Gasteiger partial charge in [-0.1, -0.05) is 26.0 Å². The van der Waals surface area contributed by atoms with Crippen molar-refractivity contribution in [3.05, 3.63) is 36.7 Å². The van der Waals surface area contributed by atoms with Crippen LogP contribution in [-0.2, 0) is 10.0 Å². The number of pyridine rings is 1. The van der Waals surface area contributed by atoms with Gasteiger partial charge in [-0.25, -0.2) is 13.1 Å². The normalized spacial score (nSPS) is 12.7. The predicted molar refractivity (Wildman–Crippen MR) is 91.6 cm³/mol. The lowest BCUT2D eigenvalue weighted by Gasteiger charge is -2.31. The Morgan fingerprint density at radius 1 is 1.22 bits per heavy atom. The maximum atomic E-state index is 12.7. The topological polar surface area (TPSA) is 79.3 Å². The van der Waals surface area contributed by atoms with Crippen molar-refractivity contribution in [3.8, 4) is 0 Å². The van der Waals surface area contributed by atoms with Crippen molar-refractivity contribution >= 4 is 20.8 Å². The Bertz CT molecular complexity index is 750. The molecule has 23 heavy (non-hydrogen) atoms. The Kier molecular flexibility index (Phi) is 5.73. The van der Waals surface area contributed by atoms with E-state index in [4.69, 9.17) is 0 Å². The van der Waals surface area contributed by atoms with Gasteiger partial charge >= 0.3 is 0 Å². The average Bonchev–Trinajstić information content (AvgIpc) is 2.58. The van der Waals surface area contributed by atoms with Gasteiger partial charge in [0.15, 0.2) is 0 Å². The SMILES string of the molecule is CCC(CC)(CCO)CNS(=O)(=O)c1cccc2cnccc12. The molecule has 126 valence electrons. The molecule has 1 aromatic heterocycles. The molecule has 0 radical (unpaired) electrons. The molecule has 2 rings (SSSR count). The van der Waals surface area contributed by atoms with Gasteiger partial charge in [-0.05, 0) is 36.8 Å². The number of nitrogens with zero attached hydrogens (tertiary/aromatic N) is 1. The third-order valence-electron chi connectivity index (χ3n) is 4.71. The molecule has 5 nitrogen and oxygen atoms in total. The number of rotatable bonds is 8. The number of aliphatic hydroxyl groups excluding tert-OH is 1. The average molecular weight is 336 g/mol. The first kappa shape index (κ1) is 17.8. The van der Waals surface area contributed by atoms with E-state index in [1.54, 1.807) is 30.6 Å². The lowest BCUT2D eigenvalue weighted by Crippen LogP contribution is -2.37. The highest BCUT2D eigenvalue weighted by atomic mass is 32.2. The fourth-order valence-electron chi connectivity index (χ4n) is 2.83. The van der Waals surface area contributed by atoms with Crippen LogP contribution in [0.1, 0.15) is 33.1 Å². The molecule has 0 aliphatic carbocycles. The summed E-state index contributed by atoms with van der Waals surface area (Å²) in [5.41, 5.74) is -0.214. The van der Waals surface area contributed by atoms with Gasteiger partial charge in [-0.3, -0.25) is 4.98 Å². The van der Waals surface area contributed by atoms with Crippen LogP contribution in [0.4, 0.5) is 0 Å². The Balaban J connectivity index is 2.31. The molecule has 1 aromatic carbocycles. The lowest BCUT2D eigenvalue weighted by molar-refractivity contribution is 0.170. The number of hydrogen-bond donors (Lipinski definition) is 2. The minimum Gasteiger partial charge on any atom is -0.396 e. The van der Waals surface area contributed by atoms with Gasteiger partial charge in [-0.2, -0.15) is 0 Å². The standard InChI is InChI=1S/C17H24N2O3S/c1-3-17(4-2,9-11-20)13-19-23(21,22)16-7-5-6-14-12-18-10-8-15(14)16/h5-8,10,12,19-20H,3-4,9,11,13H2,1-2H3. The van der Waals surface area contributed by atoms with Crippen molar-refractivity contribution in [2.75, 3.05) is 13.2 Å². The number of nitrogens with one attached hydrogen (secondary N) is 1. The van der Waals surface area contributed by atoms with Crippen molar-refractivity contribution in [2.45, 2.75) is 38.0 Å². The molecule has 2 N–H and O–H groups in total. The van der Waals surface area contributed by atoms with Crippen LogP contribution < -0.4 is 4.72 Å². The molecular weight excluding hydrogens is 312 g/mol. The van der Waals surface area contributed by atoms with Crippen LogP contribution in [0.3, 0.4) is 0 Å². The number of sulfonamides is 1. The fourth-order valence-corrected chi connectivity index (χ4v) is 4.22. The zero-order chi connectivity index (χ0) is 16.9. The van der Waals surface area contributed by atoms with Crippen LogP contribution >= 0.6 is 0 Å². The Morgan fingerprint density at radius 3 is 2.61 bits per heavy atom. The number of fused-ring (bicyclic) bond motifs is 1. The monoisotopic (exact) mass is 336 g/mol. The zero-order valence-electron chi connectivity index (χ0n) is 13.6. The van der Waals surface area contributed by atoms with Crippen molar-refractivity contribution in [3.63, 3.8) is 0 Å². The summed E-state index contributed by atoms with van der Waals surface area (Å²) in [6, 6.07) is 6.88. The van der Waals surface area contributed by atoms with E-state index in [1.807, 2.05) is 19.9 Å². The number of aliphatic hydroxyl groups is 1. The highest BCUT2D eigenvalue weighted by Crippen LogP contribution is 2.30. The summed E-state index contributed by atoms with van der Waals surface area (Å²) in [5, 5.41) is 10.7. The number of benzene rings is 1. The van der Waals surface area contributed by atoms with E-state index in [-0.39, 0.29) is 16.9 Å². The van der Waals surface area contributed by atoms with Crippen LogP contribution in [0.25, 0.3) is 10.8 Å². The van der Waals surface area contributed by atoms with E-state index in [1.165, 1.54) is 0 Å². The summed E-state index contributed by atoms with van der Waals surface area (Å²) in [4.78, 5) is 4.30. The summed E-state index contributed by atoms with van der Waals surface area (Å²) in [6.07, 6.45) is 5.46. The summed E-state index contributed by atoms with van der Waals surface area (Å²) in [5.74, 6) is 0. The molecule has 0 unspecified atom stereocenters. The van der Waals surface area contributed by atoms with E-state index >= 15 is 0 Å². The van der Waals surface area contributed by atoms with Gasteiger partial charge < -0.3 is 5.11 Å². The Morgan fingerprint density at radius 2 is 1.96 bits per heavy atom. The first-order valence-electron chi connectivity index (χ1n) is 7.91. The fraction of sp³-hybridized carbons (Fsp3) is 0.471. The van der Waals surface area contributed by atoms with Gasteiger partial charge in [0.1, 0.15) is 0 Å². The molecule has 0 spiro atoms. The molecule has 6 heteroatoms. The van der Waals surface area contributed by atoms with Crippen molar-refractivity contribution < 1.29 is 13.5 Å². The van der Waals surface area contributed by atoms with Crippen LogP contribution in [0.2, 0.25) is 0 Å². The van der Waals surface area contributed by atoms with E-state index in [2.05, 4.69) is 9.71 Å². The van der Waals surface area contributed by atoms with Crippen LogP contribution in [0.15, 0.2) is 41.6 Å². The molecular formula is C17H24N2O3S. The smallest absolute Gasteiger partial charge is 0.241 e. The lowest BCUT2D eigenvalue weighted by atomic mass is 9.80. The van der Waals surface area contributed by atoms with Gasteiger partial charge in [-0.15, -0.1) is 0 Å². The maximum Gasteiger partial charge on any atom is 0.241 e. The van der Waals surface area contributed by atoms with E-state index in [0.29, 0.717) is 18.4 Å². The molecule has 1 heterocycles. The second-order valence-electron chi connectivity index (χ2n) is 5.86. The second kappa shape index (κ2) is 7.38. The highest BCUT2D eigenvalue weighted by molar-refractivity contribution is 7.89. The molecule has 0 amide bonds. The number of aromatic nitrogens is 1. The van der Waals surface area contributed by atoms with E-state index in [0.717, 1.165) is 18.2 Å². The first-order valence-corrected chi connectivity index (χ1v) is 9.39. The molecule has 0 fully saturated rings. The van der Waals surface area contributed by atoms with Gasteiger partial charge in [0.25, 0.3) is 0 Å². The summed E-state index contributed by atoms with van der Waals surface area (Å²) in [7, 11) is -3.62. The van der Waals surface area contributed by atoms with Crippen molar-refractivity contribution in [2.24, 2.45) is 5.41 Å². The van der Waals surface area contributed by atoms with Gasteiger partial charge in [0, 0.05) is 36.3 Å². The molecule has 0 saturated carbocycles. The molecule has 0 aliphatic rings. The van der Waals surface area contributed by atoms with Crippen molar-refractivity contribution in [1.29, 1.82) is 0 Å². The largest absolute Gasteiger partial charge is 0.396 e. The number of hydrogen-bond acceptors (Lipinski definition) is 4. The quantitative estimate of drug-likeness (QED) is 0.777. The predicted octanol–water partition coefficient (Wildman–Crippen LogP) is 2.70. The zero-order valence-corrected chi connectivity index (χ0v) is 14.4. The molecule has 2 aromatic rings. The molecule has 0 saturated heterocycles. The van der Waals surface area contributed by atoms with Crippen LogP contribution in [-0.4, -0.2) is 31.7 Å². The molecule has 0 aliphatic heterocycles. The first-order chi connectivity index (χ1) is 11.0. The van der Waals surface area contributed by atoms with Gasteiger partial charge in [0.2, 0.25) is 10.0 Å². The summed E-state index contributed by atoms with van der Waals surface area (Å²) in [6.45, 7) is 4.43. The van der Waals surface area contributed by atoms with E-state index < -0.39 is 10.0 Å². The van der Waals surface area contributed by atoms with E-state index in [9.17, 15) is 13.5 Å².